The molecule has 0 aliphatic carbocycles. The van der Waals surface area contributed by atoms with Gasteiger partial charge in [-0.1, -0.05) is 26.8 Å². The van der Waals surface area contributed by atoms with Gasteiger partial charge in [0.05, 0.1) is 0 Å². The summed E-state index contributed by atoms with van der Waals surface area (Å²) in [4.78, 5) is 2.29. The van der Waals surface area contributed by atoms with Gasteiger partial charge in [-0.25, -0.2) is 4.39 Å². The highest BCUT2D eigenvalue weighted by molar-refractivity contribution is 5.49. The molecule has 0 atom stereocenters. The molecule has 17 heavy (non-hydrogen) atoms. The molecule has 0 aromatic heterocycles. The van der Waals surface area contributed by atoms with E-state index in [4.69, 9.17) is 0 Å². The van der Waals surface area contributed by atoms with E-state index in [0.717, 1.165) is 24.3 Å². The maximum atomic E-state index is 14.1. The van der Waals surface area contributed by atoms with Crippen molar-refractivity contribution in [2.45, 2.75) is 45.4 Å². The second kappa shape index (κ2) is 4.67. The fourth-order valence-corrected chi connectivity index (χ4v) is 2.46. The highest BCUT2D eigenvalue weighted by Gasteiger charge is 2.20. The Morgan fingerprint density at radius 1 is 1.06 bits per heavy atom. The molecule has 1 aromatic carbocycles. The Kier molecular flexibility index (Phi) is 3.41. The molecule has 0 saturated carbocycles. The minimum atomic E-state index is -0.121. The van der Waals surface area contributed by atoms with Gasteiger partial charge in [0.1, 0.15) is 5.82 Å². The summed E-state index contributed by atoms with van der Waals surface area (Å²) in [6.45, 7) is 8.27. The molecule has 0 spiro atoms. The van der Waals surface area contributed by atoms with E-state index >= 15 is 0 Å². The smallest absolute Gasteiger partial charge is 0.128 e. The van der Waals surface area contributed by atoms with Crippen LogP contribution in [0.3, 0.4) is 0 Å². The summed E-state index contributed by atoms with van der Waals surface area (Å²) in [5, 5.41) is 0. The van der Waals surface area contributed by atoms with Crippen molar-refractivity contribution in [2.75, 3.05) is 18.0 Å². The average molecular weight is 235 g/mol. The summed E-state index contributed by atoms with van der Waals surface area (Å²) in [5.41, 5.74) is 1.72. The first-order valence-electron chi connectivity index (χ1n) is 6.53. The van der Waals surface area contributed by atoms with Gasteiger partial charge in [0.2, 0.25) is 0 Å². The molecule has 1 aromatic rings. The lowest BCUT2D eigenvalue weighted by atomic mass is 9.86. The van der Waals surface area contributed by atoms with Crippen LogP contribution >= 0.6 is 0 Å². The van der Waals surface area contributed by atoms with Crippen molar-refractivity contribution in [3.05, 3.63) is 29.6 Å². The molecule has 1 aliphatic rings. The fourth-order valence-electron chi connectivity index (χ4n) is 2.46. The molecule has 94 valence electrons. The lowest BCUT2D eigenvalue weighted by molar-refractivity contribution is 0.521. The summed E-state index contributed by atoms with van der Waals surface area (Å²) in [7, 11) is 0. The van der Waals surface area contributed by atoms with E-state index in [-0.39, 0.29) is 11.2 Å². The first-order chi connectivity index (χ1) is 7.98. The van der Waals surface area contributed by atoms with Crippen LogP contribution in [0.2, 0.25) is 0 Å². The van der Waals surface area contributed by atoms with Crippen molar-refractivity contribution < 1.29 is 4.39 Å². The quantitative estimate of drug-likeness (QED) is 0.708. The van der Waals surface area contributed by atoms with Crippen LogP contribution in [-0.4, -0.2) is 13.1 Å². The maximum absolute atomic E-state index is 14.1. The van der Waals surface area contributed by atoms with Crippen LogP contribution in [0.15, 0.2) is 18.2 Å². The van der Waals surface area contributed by atoms with Gasteiger partial charge in [0.25, 0.3) is 0 Å². The number of benzene rings is 1. The number of nitrogens with zero attached hydrogens (tertiary/aromatic N) is 1. The minimum absolute atomic E-state index is 0.0689. The Bertz CT molecular complexity index is 386. The molecule has 1 heterocycles. The number of halogens is 1. The Labute approximate surface area is 104 Å². The molecule has 0 amide bonds. The van der Waals surface area contributed by atoms with E-state index in [1.807, 2.05) is 26.8 Å². The maximum Gasteiger partial charge on any atom is 0.128 e. The number of piperidine rings is 1. The van der Waals surface area contributed by atoms with Gasteiger partial charge >= 0.3 is 0 Å². The van der Waals surface area contributed by atoms with Gasteiger partial charge in [-0.15, -0.1) is 0 Å². The van der Waals surface area contributed by atoms with Crippen LogP contribution in [0, 0.1) is 5.82 Å². The van der Waals surface area contributed by atoms with Gasteiger partial charge in [0, 0.05) is 18.8 Å². The first kappa shape index (κ1) is 12.4. The number of rotatable bonds is 1. The predicted octanol–water partition coefficient (Wildman–Crippen LogP) is 4.11. The van der Waals surface area contributed by atoms with E-state index in [2.05, 4.69) is 11.0 Å². The fraction of sp³-hybridized carbons (Fsp3) is 0.600. The molecule has 1 saturated heterocycles. The van der Waals surface area contributed by atoms with Crippen molar-refractivity contribution >= 4 is 5.69 Å². The largest absolute Gasteiger partial charge is 0.371 e. The zero-order valence-electron chi connectivity index (χ0n) is 11.1. The van der Waals surface area contributed by atoms with Crippen LogP contribution in [0.1, 0.15) is 45.6 Å². The first-order valence-corrected chi connectivity index (χ1v) is 6.53. The molecule has 0 radical (unpaired) electrons. The van der Waals surface area contributed by atoms with Crippen LogP contribution in [0.25, 0.3) is 0 Å². The Hall–Kier alpha value is -1.05. The zero-order chi connectivity index (χ0) is 12.5. The summed E-state index contributed by atoms with van der Waals surface area (Å²) in [6, 6.07) is 5.71. The summed E-state index contributed by atoms with van der Waals surface area (Å²) < 4.78 is 14.1. The molecule has 0 bridgehead atoms. The molecule has 1 nitrogen and oxygen atoms in total. The highest BCUT2D eigenvalue weighted by atomic mass is 19.1. The Balaban J connectivity index is 2.24. The topological polar surface area (TPSA) is 3.24 Å². The molecule has 1 aliphatic heterocycles. The molecule has 0 N–H and O–H groups in total. The molecule has 0 unspecified atom stereocenters. The number of hydrogen-bond donors (Lipinski definition) is 0. The third-order valence-corrected chi connectivity index (χ3v) is 3.48. The van der Waals surface area contributed by atoms with Gasteiger partial charge in [0.15, 0.2) is 0 Å². The second-order valence-corrected chi connectivity index (χ2v) is 5.96. The Morgan fingerprint density at radius 2 is 1.71 bits per heavy atom. The number of anilines is 1. The van der Waals surface area contributed by atoms with Gasteiger partial charge in [-0.05, 0) is 42.4 Å². The van der Waals surface area contributed by atoms with E-state index in [1.54, 1.807) is 6.07 Å². The molecular weight excluding hydrogens is 213 g/mol. The lowest BCUT2D eigenvalue weighted by Gasteiger charge is -2.30. The Morgan fingerprint density at radius 3 is 2.24 bits per heavy atom. The predicted molar refractivity (Wildman–Crippen MR) is 71.2 cm³/mol. The van der Waals surface area contributed by atoms with Crippen molar-refractivity contribution in [3.8, 4) is 0 Å². The lowest BCUT2D eigenvalue weighted by Crippen LogP contribution is -2.29. The zero-order valence-corrected chi connectivity index (χ0v) is 11.1. The van der Waals surface area contributed by atoms with Crippen molar-refractivity contribution in [1.82, 2.24) is 0 Å². The van der Waals surface area contributed by atoms with Crippen molar-refractivity contribution in [2.24, 2.45) is 0 Å². The molecule has 2 heteroatoms. The normalized spacial score (nSPS) is 17.3. The molecule has 2 rings (SSSR count). The monoisotopic (exact) mass is 235 g/mol. The van der Waals surface area contributed by atoms with Gasteiger partial charge in [-0.3, -0.25) is 0 Å². The standard InChI is InChI=1S/C15H22FN/c1-15(2,3)13-8-7-12(11-14(13)16)17-9-5-4-6-10-17/h7-8,11H,4-6,9-10H2,1-3H3. The summed E-state index contributed by atoms with van der Waals surface area (Å²) in [5.74, 6) is -0.0689. The van der Waals surface area contributed by atoms with E-state index in [0.29, 0.717) is 0 Å². The third kappa shape index (κ3) is 2.80. The van der Waals surface area contributed by atoms with Crippen molar-refractivity contribution in [1.29, 1.82) is 0 Å². The van der Waals surface area contributed by atoms with Crippen LogP contribution in [-0.2, 0) is 5.41 Å². The van der Waals surface area contributed by atoms with Crippen LogP contribution in [0.5, 0.6) is 0 Å². The van der Waals surface area contributed by atoms with E-state index < -0.39 is 0 Å². The minimum Gasteiger partial charge on any atom is -0.371 e. The third-order valence-electron chi connectivity index (χ3n) is 3.48. The van der Waals surface area contributed by atoms with E-state index in [9.17, 15) is 4.39 Å². The van der Waals surface area contributed by atoms with Crippen molar-refractivity contribution in [3.63, 3.8) is 0 Å². The number of hydrogen-bond acceptors (Lipinski definition) is 1. The average Bonchev–Trinajstić information content (AvgIpc) is 2.28. The van der Waals surface area contributed by atoms with E-state index in [1.165, 1.54) is 19.3 Å². The highest BCUT2D eigenvalue weighted by Crippen LogP contribution is 2.29. The van der Waals surface area contributed by atoms with Crippen LogP contribution < -0.4 is 4.90 Å². The van der Waals surface area contributed by atoms with Gasteiger partial charge < -0.3 is 4.90 Å². The molecule has 1 fully saturated rings. The van der Waals surface area contributed by atoms with Gasteiger partial charge in [-0.2, -0.15) is 0 Å². The SMILES string of the molecule is CC(C)(C)c1ccc(N2CCCCC2)cc1F. The second-order valence-electron chi connectivity index (χ2n) is 5.96. The van der Waals surface area contributed by atoms with Crippen LogP contribution in [0.4, 0.5) is 10.1 Å². The summed E-state index contributed by atoms with van der Waals surface area (Å²) >= 11 is 0. The summed E-state index contributed by atoms with van der Waals surface area (Å²) in [6.07, 6.45) is 3.75. The molecular formula is C15H22FN.